The van der Waals surface area contributed by atoms with Gasteiger partial charge < -0.3 is 19.7 Å². The first-order valence-electron chi connectivity index (χ1n) is 8.59. The van der Waals surface area contributed by atoms with Crippen molar-refractivity contribution in [3.05, 3.63) is 53.1 Å². The van der Waals surface area contributed by atoms with Gasteiger partial charge in [-0.2, -0.15) is 0 Å². The Kier molecular flexibility index (Phi) is 4.73. The summed E-state index contributed by atoms with van der Waals surface area (Å²) in [6.45, 7) is 0.880. The maximum atomic E-state index is 12.2. The summed E-state index contributed by atoms with van der Waals surface area (Å²) in [6, 6.07) is 10.6. The van der Waals surface area contributed by atoms with Crippen LogP contribution < -0.4 is 19.7 Å². The van der Waals surface area contributed by atoms with Gasteiger partial charge in [0.05, 0.1) is 10.7 Å². The van der Waals surface area contributed by atoms with Crippen LogP contribution in [0.4, 0.5) is 11.4 Å². The minimum atomic E-state index is -0.284. The Bertz CT molecular complexity index is 942. The maximum Gasteiger partial charge on any atom is 0.248 e. The predicted molar refractivity (Wildman–Crippen MR) is 103 cm³/mol. The highest BCUT2D eigenvalue weighted by Crippen LogP contribution is 2.33. The van der Waals surface area contributed by atoms with E-state index in [-0.39, 0.29) is 18.6 Å². The van der Waals surface area contributed by atoms with Gasteiger partial charge in [-0.15, -0.1) is 0 Å². The molecule has 0 aliphatic carbocycles. The fourth-order valence-corrected chi connectivity index (χ4v) is 3.36. The van der Waals surface area contributed by atoms with E-state index in [9.17, 15) is 9.59 Å². The standard InChI is InChI=1S/C20H17ClN2O4/c21-15-11-14(5-6-16(15)23-9-1-2-20(23)25)22-19(24)8-4-13-3-7-17-18(10-13)27-12-26-17/h3-8,10-11H,1-2,9,12H2,(H,22,24). The molecule has 138 valence electrons. The number of nitrogens with one attached hydrogen (secondary N) is 1. The van der Waals surface area contributed by atoms with Crippen molar-refractivity contribution in [1.82, 2.24) is 0 Å². The molecule has 2 aliphatic rings. The summed E-state index contributed by atoms with van der Waals surface area (Å²) in [6.07, 6.45) is 4.50. The average molecular weight is 385 g/mol. The second kappa shape index (κ2) is 7.32. The van der Waals surface area contributed by atoms with Crippen LogP contribution in [0.25, 0.3) is 6.08 Å². The number of carbonyl (C=O) groups excluding carboxylic acids is 2. The molecule has 7 heteroatoms. The highest BCUT2D eigenvalue weighted by atomic mass is 35.5. The molecule has 0 saturated carbocycles. The molecule has 2 aliphatic heterocycles. The summed E-state index contributed by atoms with van der Waals surface area (Å²) < 4.78 is 10.6. The monoisotopic (exact) mass is 384 g/mol. The lowest BCUT2D eigenvalue weighted by atomic mass is 10.2. The van der Waals surface area contributed by atoms with Crippen molar-refractivity contribution >= 4 is 40.9 Å². The molecule has 1 fully saturated rings. The molecule has 27 heavy (non-hydrogen) atoms. The molecular weight excluding hydrogens is 368 g/mol. The predicted octanol–water partition coefficient (Wildman–Crippen LogP) is 3.85. The average Bonchev–Trinajstić information content (AvgIpc) is 3.28. The normalized spacial score (nSPS) is 15.6. The Morgan fingerprint density at radius 3 is 2.78 bits per heavy atom. The molecule has 2 aromatic rings. The lowest BCUT2D eigenvalue weighted by molar-refractivity contribution is -0.117. The van der Waals surface area contributed by atoms with Crippen molar-refractivity contribution < 1.29 is 19.1 Å². The van der Waals surface area contributed by atoms with Crippen LogP contribution in [-0.4, -0.2) is 25.2 Å². The smallest absolute Gasteiger partial charge is 0.248 e. The molecule has 0 radical (unpaired) electrons. The van der Waals surface area contributed by atoms with E-state index < -0.39 is 0 Å². The van der Waals surface area contributed by atoms with Gasteiger partial charge >= 0.3 is 0 Å². The Labute approximate surface area is 161 Å². The van der Waals surface area contributed by atoms with Crippen molar-refractivity contribution in [3.8, 4) is 11.5 Å². The highest BCUT2D eigenvalue weighted by Gasteiger charge is 2.23. The third-order valence-corrected chi connectivity index (χ3v) is 4.71. The van der Waals surface area contributed by atoms with Crippen LogP contribution in [0.1, 0.15) is 18.4 Å². The third kappa shape index (κ3) is 3.75. The zero-order valence-electron chi connectivity index (χ0n) is 14.4. The van der Waals surface area contributed by atoms with Crippen LogP contribution in [0.15, 0.2) is 42.5 Å². The van der Waals surface area contributed by atoms with Crippen molar-refractivity contribution in [3.63, 3.8) is 0 Å². The molecular formula is C20H17ClN2O4. The third-order valence-electron chi connectivity index (χ3n) is 4.40. The molecule has 0 bridgehead atoms. The summed E-state index contributed by atoms with van der Waals surface area (Å²) in [5, 5.41) is 3.20. The minimum Gasteiger partial charge on any atom is -0.454 e. The van der Waals surface area contributed by atoms with Crippen LogP contribution in [0, 0.1) is 0 Å². The lowest BCUT2D eigenvalue weighted by Crippen LogP contribution is -2.24. The summed E-state index contributed by atoms with van der Waals surface area (Å²) in [5.74, 6) is 1.15. The zero-order chi connectivity index (χ0) is 18.8. The Morgan fingerprint density at radius 1 is 1.15 bits per heavy atom. The second-order valence-electron chi connectivity index (χ2n) is 6.25. The number of hydrogen-bond acceptors (Lipinski definition) is 4. The van der Waals surface area contributed by atoms with Crippen molar-refractivity contribution in [2.75, 3.05) is 23.6 Å². The molecule has 2 aromatic carbocycles. The number of halogens is 1. The number of fused-ring (bicyclic) bond motifs is 1. The maximum absolute atomic E-state index is 12.2. The van der Waals surface area contributed by atoms with Crippen LogP contribution >= 0.6 is 11.6 Å². The molecule has 0 atom stereocenters. The first kappa shape index (κ1) is 17.4. The fourth-order valence-electron chi connectivity index (χ4n) is 3.08. The molecule has 4 rings (SSSR count). The van der Waals surface area contributed by atoms with Crippen LogP contribution in [0.5, 0.6) is 11.5 Å². The summed E-state index contributed by atoms with van der Waals surface area (Å²) in [7, 11) is 0. The van der Waals surface area contributed by atoms with Crippen molar-refractivity contribution in [1.29, 1.82) is 0 Å². The van der Waals surface area contributed by atoms with Crippen LogP contribution in [0.3, 0.4) is 0 Å². The summed E-state index contributed by atoms with van der Waals surface area (Å²) >= 11 is 6.30. The molecule has 0 spiro atoms. The molecule has 1 saturated heterocycles. The molecule has 0 aromatic heterocycles. The molecule has 0 unspecified atom stereocenters. The van der Waals surface area contributed by atoms with Gasteiger partial charge in [0.25, 0.3) is 0 Å². The number of benzene rings is 2. The molecule has 2 amide bonds. The van der Waals surface area contributed by atoms with E-state index in [0.29, 0.717) is 40.9 Å². The largest absolute Gasteiger partial charge is 0.454 e. The molecule has 6 nitrogen and oxygen atoms in total. The SMILES string of the molecule is O=C(C=Cc1ccc2c(c1)OCO2)Nc1ccc(N2CCCC2=O)c(Cl)c1. The van der Waals surface area contributed by atoms with Gasteiger partial charge in [-0.3, -0.25) is 9.59 Å². The first-order valence-corrected chi connectivity index (χ1v) is 8.96. The van der Waals surface area contributed by atoms with E-state index in [4.69, 9.17) is 21.1 Å². The van der Waals surface area contributed by atoms with Gasteiger partial charge in [0.1, 0.15) is 0 Å². The topological polar surface area (TPSA) is 67.9 Å². The van der Waals surface area contributed by atoms with Gasteiger partial charge in [-0.05, 0) is 48.4 Å². The van der Waals surface area contributed by atoms with Crippen LogP contribution in [0.2, 0.25) is 5.02 Å². The van der Waals surface area contributed by atoms with Gasteiger partial charge in [-0.25, -0.2) is 0 Å². The van der Waals surface area contributed by atoms with E-state index in [2.05, 4.69) is 5.32 Å². The van der Waals surface area contributed by atoms with E-state index in [1.54, 1.807) is 35.2 Å². The van der Waals surface area contributed by atoms with E-state index >= 15 is 0 Å². The minimum absolute atomic E-state index is 0.0698. The number of amides is 2. The van der Waals surface area contributed by atoms with Gasteiger partial charge in [0, 0.05) is 24.7 Å². The number of rotatable bonds is 4. The van der Waals surface area contributed by atoms with Crippen LogP contribution in [-0.2, 0) is 9.59 Å². The first-order chi connectivity index (χ1) is 13.1. The van der Waals surface area contributed by atoms with Crippen molar-refractivity contribution in [2.24, 2.45) is 0 Å². The Balaban J connectivity index is 1.42. The Morgan fingerprint density at radius 2 is 2.00 bits per heavy atom. The summed E-state index contributed by atoms with van der Waals surface area (Å²) in [5.41, 5.74) is 2.07. The number of ether oxygens (including phenoxy) is 2. The highest BCUT2D eigenvalue weighted by molar-refractivity contribution is 6.34. The second-order valence-corrected chi connectivity index (χ2v) is 6.66. The molecule has 2 heterocycles. The van der Waals surface area contributed by atoms with Gasteiger partial charge in [-0.1, -0.05) is 17.7 Å². The molecule has 1 N–H and O–H groups in total. The number of carbonyl (C=O) groups is 2. The zero-order valence-corrected chi connectivity index (χ0v) is 15.2. The van der Waals surface area contributed by atoms with Crippen molar-refractivity contribution in [2.45, 2.75) is 12.8 Å². The van der Waals surface area contributed by atoms with Gasteiger partial charge in [0.15, 0.2) is 11.5 Å². The summed E-state index contributed by atoms with van der Waals surface area (Å²) in [4.78, 5) is 25.7. The van der Waals surface area contributed by atoms with Gasteiger partial charge in [0.2, 0.25) is 18.6 Å². The van der Waals surface area contributed by atoms with E-state index in [1.165, 1.54) is 6.08 Å². The number of hydrogen-bond donors (Lipinski definition) is 1. The lowest BCUT2D eigenvalue weighted by Gasteiger charge is -2.17. The fraction of sp³-hybridized carbons (Fsp3) is 0.200. The van der Waals surface area contributed by atoms with E-state index in [1.807, 2.05) is 12.1 Å². The quantitative estimate of drug-likeness (QED) is 0.813. The van der Waals surface area contributed by atoms with E-state index in [0.717, 1.165) is 12.0 Å². The number of anilines is 2. The Hall–Kier alpha value is -2.99. The number of nitrogens with zero attached hydrogens (tertiary/aromatic N) is 1.